The molecule has 1 amide bonds. The molecule has 0 bridgehead atoms. The van der Waals surface area contributed by atoms with Crippen LogP contribution in [0.15, 0.2) is 12.3 Å². The van der Waals surface area contributed by atoms with Crippen LogP contribution in [0.25, 0.3) is 11.0 Å². The Kier molecular flexibility index (Phi) is 4.12. The first-order valence-corrected chi connectivity index (χ1v) is 6.00. The summed E-state index contributed by atoms with van der Waals surface area (Å²) in [7, 11) is 1.74. The number of halogens is 3. The summed E-state index contributed by atoms with van der Waals surface area (Å²) < 4.78 is 41.5. The zero-order valence-electron chi connectivity index (χ0n) is 11.4. The Bertz CT molecular complexity index is 666. The lowest BCUT2D eigenvalue weighted by atomic mass is 10.2. The molecular formula is C12H13F3N4O2. The van der Waals surface area contributed by atoms with E-state index in [4.69, 9.17) is 0 Å². The number of aromatic nitrogens is 3. The number of anilines is 1. The Hall–Kier alpha value is -2.16. The molecule has 0 aliphatic heterocycles. The van der Waals surface area contributed by atoms with Gasteiger partial charge in [-0.2, -0.15) is 18.3 Å². The lowest BCUT2D eigenvalue weighted by Crippen LogP contribution is -2.24. The smallest absolute Gasteiger partial charge is 0.362 e. The van der Waals surface area contributed by atoms with Crippen LogP contribution in [0.2, 0.25) is 0 Å². The van der Waals surface area contributed by atoms with Crippen molar-refractivity contribution in [1.82, 2.24) is 14.8 Å². The molecule has 0 aliphatic carbocycles. The molecule has 9 heteroatoms. The fourth-order valence-electron chi connectivity index (χ4n) is 1.83. The molecule has 0 atom stereocenters. The fourth-order valence-corrected chi connectivity index (χ4v) is 1.83. The number of nitrogens with zero attached hydrogens (tertiary/aromatic N) is 3. The second-order valence-corrected chi connectivity index (χ2v) is 4.46. The number of rotatable bonds is 4. The number of alkyl halides is 3. The summed E-state index contributed by atoms with van der Waals surface area (Å²) in [5, 5.41) is 7.36. The molecule has 0 radical (unpaired) electrons. The van der Waals surface area contributed by atoms with Crippen LogP contribution in [0.3, 0.4) is 0 Å². The molecule has 0 saturated heterocycles. The molecule has 0 aromatic carbocycles. The van der Waals surface area contributed by atoms with Gasteiger partial charge in [-0.1, -0.05) is 0 Å². The molecular weight excluding hydrogens is 289 g/mol. The van der Waals surface area contributed by atoms with E-state index in [1.165, 1.54) is 6.20 Å². The molecule has 21 heavy (non-hydrogen) atoms. The standard InChI is InChI=1S/C12H13F3N4O2/c1-7-9-3-8(4-16-11(9)19(2)18-7)17-10(20)5-21-6-12(13,14)15/h3-4H,5-6H2,1-2H3,(H,17,20). The molecule has 0 spiro atoms. The van der Waals surface area contributed by atoms with Crippen molar-refractivity contribution >= 4 is 22.6 Å². The number of carbonyl (C=O) groups excluding carboxylic acids is 1. The number of ether oxygens (including phenoxy) is 1. The largest absolute Gasteiger partial charge is 0.411 e. The summed E-state index contributed by atoms with van der Waals surface area (Å²) in [6.45, 7) is -0.342. The lowest BCUT2D eigenvalue weighted by molar-refractivity contribution is -0.174. The van der Waals surface area contributed by atoms with Crippen molar-refractivity contribution in [1.29, 1.82) is 0 Å². The molecule has 2 rings (SSSR count). The van der Waals surface area contributed by atoms with Crippen molar-refractivity contribution in [2.24, 2.45) is 7.05 Å². The molecule has 2 heterocycles. The van der Waals surface area contributed by atoms with E-state index in [2.05, 4.69) is 20.1 Å². The van der Waals surface area contributed by atoms with Crippen molar-refractivity contribution in [2.75, 3.05) is 18.5 Å². The maximum atomic E-state index is 11.9. The van der Waals surface area contributed by atoms with E-state index in [-0.39, 0.29) is 0 Å². The van der Waals surface area contributed by atoms with Crippen LogP contribution in [0, 0.1) is 6.92 Å². The molecule has 0 unspecified atom stereocenters. The van der Waals surface area contributed by atoms with Gasteiger partial charge in [0.2, 0.25) is 5.91 Å². The van der Waals surface area contributed by atoms with Crippen molar-refractivity contribution in [2.45, 2.75) is 13.1 Å². The Morgan fingerprint density at radius 1 is 1.48 bits per heavy atom. The Balaban J connectivity index is 2.00. The van der Waals surface area contributed by atoms with Gasteiger partial charge in [-0.05, 0) is 13.0 Å². The third-order valence-electron chi connectivity index (χ3n) is 2.65. The number of carbonyl (C=O) groups is 1. The third-order valence-corrected chi connectivity index (χ3v) is 2.65. The van der Waals surface area contributed by atoms with Gasteiger partial charge in [0.25, 0.3) is 0 Å². The van der Waals surface area contributed by atoms with E-state index < -0.39 is 25.3 Å². The first kappa shape index (κ1) is 15.2. The summed E-state index contributed by atoms with van der Waals surface area (Å²) in [6, 6.07) is 1.66. The summed E-state index contributed by atoms with van der Waals surface area (Å²) in [6.07, 6.45) is -3.04. The Labute approximate surface area is 117 Å². The van der Waals surface area contributed by atoms with Crippen LogP contribution in [0.1, 0.15) is 5.69 Å². The van der Waals surface area contributed by atoms with E-state index >= 15 is 0 Å². The predicted molar refractivity (Wildman–Crippen MR) is 68.7 cm³/mol. The normalized spacial score (nSPS) is 11.9. The lowest BCUT2D eigenvalue weighted by Gasteiger charge is -2.08. The monoisotopic (exact) mass is 302 g/mol. The van der Waals surface area contributed by atoms with Gasteiger partial charge in [-0.25, -0.2) is 4.98 Å². The van der Waals surface area contributed by atoms with Crippen LogP contribution in [0.5, 0.6) is 0 Å². The zero-order valence-corrected chi connectivity index (χ0v) is 11.4. The summed E-state index contributed by atoms with van der Waals surface area (Å²) in [5.41, 5.74) is 1.77. The van der Waals surface area contributed by atoms with Gasteiger partial charge in [0.15, 0.2) is 5.65 Å². The number of nitrogens with one attached hydrogen (secondary N) is 1. The van der Waals surface area contributed by atoms with Crippen molar-refractivity contribution in [3.05, 3.63) is 18.0 Å². The quantitative estimate of drug-likeness (QED) is 0.935. The minimum atomic E-state index is -4.45. The highest BCUT2D eigenvalue weighted by atomic mass is 19.4. The van der Waals surface area contributed by atoms with Gasteiger partial charge in [0.1, 0.15) is 13.2 Å². The number of hydrogen-bond donors (Lipinski definition) is 1. The van der Waals surface area contributed by atoms with E-state index in [0.717, 1.165) is 11.1 Å². The van der Waals surface area contributed by atoms with Gasteiger partial charge in [0.05, 0.1) is 17.6 Å². The summed E-state index contributed by atoms with van der Waals surface area (Å²) in [5.74, 6) is -0.679. The maximum absolute atomic E-state index is 11.9. The van der Waals surface area contributed by atoms with Gasteiger partial charge < -0.3 is 10.1 Å². The van der Waals surface area contributed by atoms with Gasteiger partial charge in [0, 0.05) is 12.4 Å². The molecule has 1 N–H and O–H groups in total. The van der Waals surface area contributed by atoms with Crippen LogP contribution in [-0.2, 0) is 16.6 Å². The van der Waals surface area contributed by atoms with Crippen LogP contribution >= 0.6 is 0 Å². The fraction of sp³-hybridized carbons (Fsp3) is 0.417. The number of pyridine rings is 1. The van der Waals surface area contributed by atoms with Crippen molar-refractivity contribution in [3.63, 3.8) is 0 Å². The highest BCUT2D eigenvalue weighted by molar-refractivity contribution is 5.93. The number of amides is 1. The Morgan fingerprint density at radius 2 is 2.19 bits per heavy atom. The predicted octanol–water partition coefficient (Wildman–Crippen LogP) is 1.79. The van der Waals surface area contributed by atoms with Crippen LogP contribution < -0.4 is 5.32 Å². The van der Waals surface area contributed by atoms with Gasteiger partial charge in [-0.3, -0.25) is 9.48 Å². The van der Waals surface area contributed by atoms with Crippen molar-refractivity contribution < 1.29 is 22.7 Å². The first-order chi connectivity index (χ1) is 9.76. The van der Waals surface area contributed by atoms with E-state index in [9.17, 15) is 18.0 Å². The average Bonchev–Trinajstić information content (AvgIpc) is 2.63. The molecule has 2 aromatic heterocycles. The van der Waals surface area contributed by atoms with E-state index in [1.807, 2.05) is 0 Å². The molecule has 2 aromatic rings. The Morgan fingerprint density at radius 3 is 2.86 bits per heavy atom. The van der Waals surface area contributed by atoms with Gasteiger partial charge in [-0.15, -0.1) is 0 Å². The average molecular weight is 302 g/mol. The molecule has 114 valence electrons. The first-order valence-electron chi connectivity index (χ1n) is 6.00. The van der Waals surface area contributed by atoms with Crippen LogP contribution in [-0.4, -0.2) is 40.1 Å². The summed E-state index contributed by atoms with van der Waals surface area (Å²) >= 11 is 0. The molecule has 0 aliphatic rings. The highest BCUT2D eigenvalue weighted by Gasteiger charge is 2.27. The molecule has 0 fully saturated rings. The van der Waals surface area contributed by atoms with E-state index in [1.54, 1.807) is 24.7 Å². The van der Waals surface area contributed by atoms with Crippen molar-refractivity contribution in [3.8, 4) is 0 Å². The topological polar surface area (TPSA) is 69.0 Å². The van der Waals surface area contributed by atoms with Crippen LogP contribution in [0.4, 0.5) is 18.9 Å². The van der Waals surface area contributed by atoms with Gasteiger partial charge >= 0.3 is 6.18 Å². The SMILES string of the molecule is Cc1nn(C)c2ncc(NC(=O)COCC(F)(F)F)cc12. The molecule has 6 nitrogen and oxygen atoms in total. The number of fused-ring (bicyclic) bond motifs is 1. The summed E-state index contributed by atoms with van der Waals surface area (Å²) in [4.78, 5) is 15.6. The molecule has 0 saturated carbocycles. The van der Waals surface area contributed by atoms with E-state index in [0.29, 0.717) is 11.3 Å². The minimum absolute atomic E-state index is 0.374. The second kappa shape index (κ2) is 5.68. The maximum Gasteiger partial charge on any atom is 0.411 e. The third kappa shape index (κ3) is 3.91. The highest BCUT2D eigenvalue weighted by Crippen LogP contribution is 2.19. The number of aryl methyl sites for hydroxylation is 2. The minimum Gasteiger partial charge on any atom is -0.362 e. The zero-order chi connectivity index (χ0) is 15.6. The number of hydrogen-bond acceptors (Lipinski definition) is 4. The second-order valence-electron chi connectivity index (χ2n) is 4.46.